The first kappa shape index (κ1) is 13.3. The highest BCUT2D eigenvalue weighted by molar-refractivity contribution is 5.93. The molecule has 0 saturated carbocycles. The maximum atomic E-state index is 12.6. The molecule has 0 aromatic heterocycles. The Morgan fingerprint density at radius 1 is 1.29 bits per heavy atom. The zero-order valence-electron chi connectivity index (χ0n) is 11.4. The van der Waals surface area contributed by atoms with E-state index in [2.05, 4.69) is 6.07 Å². The van der Waals surface area contributed by atoms with Crippen molar-refractivity contribution in [2.45, 2.75) is 12.1 Å². The second kappa shape index (κ2) is 5.39. The summed E-state index contributed by atoms with van der Waals surface area (Å²) in [6.45, 7) is 0.440. The van der Waals surface area contributed by atoms with E-state index in [4.69, 9.17) is 11.0 Å². The maximum absolute atomic E-state index is 12.6. The van der Waals surface area contributed by atoms with E-state index in [1.165, 1.54) is 4.90 Å². The standard InChI is InChI=1S/C17H15N3O/c18-11-13-7-4-10-20(13)17(21)16(19)15-9-3-6-12-5-1-2-8-14(12)15/h1-9,13,16H,10,19H2. The summed E-state index contributed by atoms with van der Waals surface area (Å²) < 4.78 is 0. The Morgan fingerprint density at radius 3 is 2.86 bits per heavy atom. The number of rotatable bonds is 2. The number of carbonyl (C=O) groups excluding carboxylic acids is 1. The van der Waals surface area contributed by atoms with E-state index >= 15 is 0 Å². The summed E-state index contributed by atoms with van der Waals surface area (Å²) in [5, 5.41) is 11.1. The summed E-state index contributed by atoms with van der Waals surface area (Å²) >= 11 is 0. The highest BCUT2D eigenvalue weighted by Gasteiger charge is 2.29. The molecule has 1 aliphatic rings. The molecule has 4 heteroatoms. The number of carbonyl (C=O) groups is 1. The third-order valence-corrected chi connectivity index (χ3v) is 3.80. The van der Waals surface area contributed by atoms with Crippen LogP contribution < -0.4 is 5.73 Å². The number of amides is 1. The van der Waals surface area contributed by atoms with Gasteiger partial charge in [-0.2, -0.15) is 5.26 Å². The quantitative estimate of drug-likeness (QED) is 0.855. The molecule has 1 aliphatic heterocycles. The molecule has 0 saturated heterocycles. The fourth-order valence-electron chi connectivity index (χ4n) is 2.69. The topological polar surface area (TPSA) is 70.1 Å². The van der Waals surface area contributed by atoms with Gasteiger partial charge in [-0.1, -0.05) is 48.5 Å². The molecule has 0 fully saturated rings. The molecule has 0 radical (unpaired) electrons. The largest absolute Gasteiger partial charge is 0.318 e. The summed E-state index contributed by atoms with van der Waals surface area (Å²) in [6, 6.07) is 14.4. The van der Waals surface area contributed by atoms with E-state index in [1.54, 1.807) is 6.08 Å². The van der Waals surface area contributed by atoms with E-state index in [-0.39, 0.29) is 5.91 Å². The molecule has 1 heterocycles. The molecule has 4 nitrogen and oxygen atoms in total. The van der Waals surface area contributed by atoms with Crippen molar-refractivity contribution in [2.24, 2.45) is 5.73 Å². The van der Waals surface area contributed by atoms with Crippen LogP contribution in [0.2, 0.25) is 0 Å². The Hall–Kier alpha value is -2.64. The minimum atomic E-state index is -0.758. The van der Waals surface area contributed by atoms with Gasteiger partial charge in [0.05, 0.1) is 6.07 Å². The van der Waals surface area contributed by atoms with Crippen LogP contribution in [-0.2, 0) is 4.79 Å². The number of hydrogen-bond donors (Lipinski definition) is 1. The first-order chi connectivity index (χ1) is 10.2. The first-order valence-corrected chi connectivity index (χ1v) is 6.82. The number of fused-ring (bicyclic) bond motifs is 1. The van der Waals surface area contributed by atoms with Crippen molar-refractivity contribution in [1.82, 2.24) is 4.90 Å². The van der Waals surface area contributed by atoms with Gasteiger partial charge in [0.2, 0.25) is 5.91 Å². The Balaban J connectivity index is 1.96. The molecule has 2 aromatic rings. The van der Waals surface area contributed by atoms with Crippen molar-refractivity contribution in [3.8, 4) is 6.07 Å². The summed E-state index contributed by atoms with van der Waals surface area (Å²) in [4.78, 5) is 14.1. The molecule has 0 aliphatic carbocycles. The first-order valence-electron chi connectivity index (χ1n) is 6.82. The number of nitrogens with zero attached hydrogens (tertiary/aromatic N) is 2. The lowest BCUT2D eigenvalue weighted by Crippen LogP contribution is -2.41. The van der Waals surface area contributed by atoms with Crippen molar-refractivity contribution in [3.63, 3.8) is 0 Å². The van der Waals surface area contributed by atoms with E-state index in [1.807, 2.05) is 48.5 Å². The van der Waals surface area contributed by atoms with Gasteiger partial charge in [0.25, 0.3) is 0 Å². The second-order valence-electron chi connectivity index (χ2n) is 5.04. The van der Waals surface area contributed by atoms with Crippen LogP contribution in [0.15, 0.2) is 54.6 Å². The monoisotopic (exact) mass is 277 g/mol. The minimum Gasteiger partial charge on any atom is -0.318 e. The molecule has 1 amide bonds. The van der Waals surface area contributed by atoms with Gasteiger partial charge in [-0.15, -0.1) is 0 Å². The van der Waals surface area contributed by atoms with Crippen molar-refractivity contribution < 1.29 is 4.79 Å². The number of hydrogen-bond acceptors (Lipinski definition) is 3. The molecule has 3 rings (SSSR count). The van der Waals surface area contributed by atoms with Gasteiger partial charge in [-0.3, -0.25) is 4.79 Å². The minimum absolute atomic E-state index is 0.220. The Morgan fingerprint density at radius 2 is 2.05 bits per heavy atom. The molecule has 2 unspecified atom stereocenters. The molecule has 2 atom stereocenters. The van der Waals surface area contributed by atoms with Crippen LogP contribution in [0.25, 0.3) is 10.8 Å². The predicted octanol–water partition coefficient (Wildman–Crippen LogP) is 2.13. The molecule has 104 valence electrons. The molecule has 0 bridgehead atoms. The van der Waals surface area contributed by atoms with Gasteiger partial charge >= 0.3 is 0 Å². The fourth-order valence-corrected chi connectivity index (χ4v) is 2.69. The number of benzene rings is 2. The Bertz CT molecular complexity index is 755. The average molecular weight is 277 g/mol. The SMILES string of the molecule is N#CC1C=CCN1C(=O)C(N)c1cccc2ccccc12. The van der Waals surface area contributed by atoms with Gasteiger partial charge in [0.15, 0.2) is 0 Å². The van der Waals surface area contributed by atoms with E-state index in [9.17, 15) is 4.79 Å². The Kier molecular flexibility index (Phi) is 3.43. The van der Waals surface area contributed by atoms with Crippen LogP contribution >= 0.6 is 0 Å². The summed E-state index contributed by atoms with van der Waals surface area (Å²) in [5.74, 6) is -0.220. The van der Waals surface area contributed by atoms with Crippen LogP contribution in [-0.4, -0.2) is 23.4 Å². The smallest absolute Gasteiger partial charge is 0.245 e. The van der Waals surface area contributed by atoms with Crippen molar-refractivity contribution >= 4 is 16.7 Å². The molecule has 2 aromatic carbocycles. The highest BCUT2D eigenvalue weighted by Crippen LogP contribution is 2.25. The summed E-state index contributed by atoms with van der Waals surface area (Å²) in [5.41, 5.74) is 6.97. The predicted molar refractivity (Wildman–Crippen MR) is 81.1 cm³/mol. The molecule has 2 N–H and O–H groups in total. The highest BCUT2D eigenvalue weighted by atomic mass is 16.2. The van der Waals surface area contributed by atoms with Crippen molar-refractivity contribution in [1.29, 1.82) is 5.26 Å². The maximum Gasteiger partial charge on any atom is 0.245 e. The fraction of sp³-hybridized carbons (Fsp3) is 0.176. The lowest BCUT2D eigenvalue weighted by atomic mass is 9.98. The van der Waals surface area contributed by atoms with Gasteiger partial charge in [-0.25, -0.2) is 0 Å². The number of nitrogens with two attached hydrogens (primary N) is 1. The Labute approximate surface area is 123 Å². The second-order valence-corrected chi connectivity index (χ2v) is 5.04. The van der Waals surface area contributed by atoms with Crippen molar-refractivity contribution in [3.05, 3.63) is 60.2 Å². The molecular formula is C17H15N3O. The van der Waals surface area contributed by atoms with E-state index in [0.29, 0.717) is 6.54 Å². The van der Waals surface area contributed by atoms with Crippen LogP contribution in [0.4, 0.5) is 0 Å². The van der Waals surface area contributed by atoms with E-state index < -0.39 is 12.1 Å². The zero-order valence-corrected chi connectivity index (χ0v) is 11.4. The lowest BCUT2D eigenvalue weighted by Gasteiger charge is -2.24. The van der Waals surface area contributed by atoms with Crippen LogP contribution in [0.3, 0.4) is 0 Å². The zero-order chi connectivity index (χ0) is 14.8. The van der Waals surface area contributed by atoms with Gasteiger partial charge in [0, 0.05) is 6.54 Å². The third kappa shape index (κ3) is 2.28. The molecular weight excluding hydrogens is 262 g/mol. The van der Waals surface area contributed by atoms with Crippen LogP contribution in [0.5, 0.6) is 0 Å². The summed E-state index contributed by atoms with van der Waals surface area (Å²) in [7, 11) is 0. The average Bonchev–Trinajstić information content (AvgIpc) is 3.01. The van der Waals surface area contributed by atoms with Crippen LogP contribution in [0.1, 0.15) is 11.6 Å². The normalized spacial score (nSPS) is 18.7. The van der Waals surface area contributed by atoms with Gasteiger partial charge in [0.1, 0.15) is 12.1 Å². The number of nitriles is 1. The van der Waals surface area contributed by atoms with Gasteiger partial charge in [-0.05, 0) is 22.4 Å². The summed E-state index contributed by atoms with van der Waals surface area (Å²) in [6.07, 6.45) is 3.55. The van der Waals surface area contributed by atoms with Crippen LogP contribution in [0, 0.1) is 11.3 Å². The molecule has 0 spiro atoms. The molecule has 21 heavy (non-hydrogen) atoms. The van der Waals surface area contributed by atoms with E-state index in [0.717, 1.165) is 16.3 Å². The lowest BCUT2D eigenvalue weighted by molar-refractivity contribution is -0.132. The van der Waals surface area contributed by atoms with Crippen molar-refractivity contribution in [2.75, 3.05) is 6.54 Å². The third-order valence-electron chi connectivity index (χ3n) is 3.80. The van der Waals surface area contributed by atoms with Gasteiger partial charge < -0.3 is 10.6 Å².